The second-order valence-electron chi connectivity index (χ2n) is 4.42. The average Bonchev–Trinajstić information content (AvgIpc) is 2.46. The van der Waals surface area contributed by atoms with Crippen molar-refractivity contribution in [3.05, 3.63) is 18.1 Å². The first-order chi connectivity index (χ1) is 9.18. The van der Waals surface area contributed by atoms with Crippen molar-refractivity contribution in [2.24, 2.45) is 5.41 Å². The molecule has 1 aromatic heterocycles. The van der Waals surface area contributed by atoms with Crippen LogP contribution in [0.4, 0.5) is 5.82 Å². The van der Waals surface area contributed by atoms with Crippen molar-refractivity contribution in [3.8, 4) is 6.07 Å². The third-order valence-electron chi connectivity index (χ3n) is 3.30. The third kappa shape index (κ3) is 2.80. The molecule has 0 amide bonds. The smallest absolute Gasteiger partial charge is 0.311 e. The van der Waals surface area contributed by atoms with Gasteiger partial charge in [-0.05, 0) is 12.8 Å². The van der Waals surface area contributed by atoms with E-state index in [4.69, 9.17) is 10.00 Å². The molecular weight excluding hydrogens is 248 g/mol. The molecule has 1 aliphatic rings. The van der Waals surface area contributed by atoms with Gasteiger partial charge in [0.05, 0.1) is 5.41 Å². The topological polar surface area (TPSA) is 108 Å². The fourth-order valence-electron chi connectivity index (χ4n) is 2.03. The number of aromatic nitrogens is 2. The summed E-state index contributed by atoms with van der Waals surface area (Å²) >= 11 is 0. The largest absolute Gasteiger partial charge is 0.481 e. The van der Waals surface area contributed by atoms with E-state index in [1.807, 2.05) is 6.07 Å². The van der Waals surface area contributed by atoms with Crippen molar-refractivity contribution in [3.63, 3.8) is 0 Å². The lowest BCUT2D eigenvalue weighted by Crippen LogP contribution is -2.42. The van der Waals surface area contributed by atoms with Crippen LogP contribution in [0.1, 0.15) is 18.5 Å². The number of nitriles is 1. The highest BCUT2D eigenvalue weighted by molar-refractivity contribution is 5.75. The van der Waals surface area contributed by atoms with Crippen molar-refractivity contribution >= 4 is 11.8 Å². The summed E-state index contributed by atoms with van der Waals surface area (Å²) in [6.45, 7) is 1.07. The van der Waals surface area contributed by atoms with E-state index < -0.39 is 11.4 Å². The SMILES string of the molecule is N#Cc1nccnc1NCC1(C(=O)O)CCOCC1. The summed E-state index contributed by atoms with van der Waals surface area (Å²) in [6.07, 6.45) is 3.76. The van der Waals surface area contributed by atoms with Crippen LogP contribution in [0.3, 0.4) is 0 Å². The summed E-state index contributed by atoms with van der Waals surface area (Å²) in [5.74, 6) is -0.539. The van der Waals surface area contributed by atoms with Gasteiger partial charge in [0.1, 0.15) is 6.07 Å². The predicted molar refractivity (Wildman–Crippen MR) is 65.4 cm³/mol. The van der Waals surface area contributed by atoms with Crippen molar-refractivity contribution in [2.75, 3.05) is 25.1 Å². The lowest BCUT2D eigenvalue weighted by Gasteiger charge is -2.33. The molecule has 0 aromatic carbocycles. The highest BCUT2D eigenvalue weighted by atomic mass is 16.5. The van der Waals surface area contributed by atoms with Gasteiger partial charge in [-0.3, -0.25) is 4.79 Å². The van der Waals surface area contributed by atoms with Gasteiger partial charge in [0.25, 0.3) is 0 Å². The van der Waals surface area contributed by atoms with E-state index in [1.54, 1.807) is 0 Å². The second kappa shape index (κ2) is 5.63. The molecule has 1 fully saturated rings. The zero-order valence-electron chi connectivity index (χ0n) is 10.3. The number of anilines is 1. The van der Waals surface area contributed by atoms with Crippen LogP contribution < -0.4 is 5.32 Å². The molecular formula is C12H14N4O3. The summed E-state index contributed by atoms with van der Waals surface area (Å²) in [5.41, 5.74) is -0.710. The molecule has 0 aliphatic carbocycles. The number of ether oxygens (including phenoxy) is 1. The maximum Gasteiger partial charge on any atom is 0.311 e. The number of hydrogen-bond acceptors (Lipinski definition) is 6. The maximum atomic E-state index is 11.5. The molecule has 0 bridgehead atoms. The van der Waals surface area contributed by atoms with Crippen molar-refractivity contribution < 1.29 is 14.6 Å². The molecule has 7 heteroatoms. The monoisotopic (exact) mass is 262 g/mol. The van der Waals surface area contributed by atoms with Crippen LogP contribution >= 0.6 is 0 Å². The van der Waals surface area contributed by atoms with Crippen LogP contribution in [0.2, 0.25) is 0 Å². The highest BCUT2D eigenvalue weighted by Crippen LogP contribution is 2.31. The minimum Gasteiger partial charge on any atom is -0.481 e. The molecule has 1 aliphatic heterocycles. The Morgan fingerprint density at radius 1 is 1.47 bits per heavy atom. The zero-order valence-corrected chi connectivity index (χ0v) is 10.3. The molecule has 100 valence electrons. The summed E-state index contributed by atoms with van der Waals surface area (Å²) in [4.78, 5) is 19.3. The Morgan fingerprint density at radius 2 is 2.16 bits per heavy atom. The van der Waals surface area contributed by atoms with Gasteiger partial charge < -0.3 is 15.2 Å². The predicted octanol–water partition coefficient (Wildman–Crippen LogP) is 0.642. The first-order valence-electron chi connectivity index (χ1n) is 5.94. The number of hydrogen-bond donors (Lipinski definition) is 2. The summed E-state index contributed by atoms with van der Waals surface area (Å²) < 4.78 is 5.20. The van der Waals surface area contributed by atoms with Gasteiger partial charge in [-0.2, -0.15) is 5.26 Å². The standard InChI is InChI=1S/C12H14N4O3/c13-7-9-10(15-4-3-14-9)16-8-12(11(17)18)1-5-19-6-2-12/h3-4H,1-2,5-6,8H2,(H,15,16)(H,17,18). The van der Waals surface area contributed by atoms with E-state index >= 15 is 0 Å². The van der Waals surface area contributed by atoms with Gasteiger partial charge in [-0.1, -0.05) is 0 Å². The van der Waals surface area contributed by atoms with E-state index in [1.165, 1.54) is 12.4 Å². The first-order valence-corrected chi connectivity index (χ1v) is 5.94. The summed E-state index contributed by atoms with van der Waals surface area (Å²) in [5, 5.41) is 21.2. The number of carboxylic acid groups (broad SMARTS) is 1. The summed E-state index contributed by atoms with van der Waals surface area (Å²) in [7, 11) is 0. The van der Waals surface area contributed by atoms with Gasteiger partial charge in [0.15, 0.2) is 11.5 Å². The molecule has 0 atom stereocenters. The molecule has 7 nitrogen and oxygen atoms in total. The quantitative estimate of drug-likeness (QED) is 0.819. The molecule has 0 saturated carbocycles. The van der Waals surface area contributed by atoms with Gasteiger partial charge in [-0.15, -0.1) is 0 Å². The molecule has 0 radical (unpaired) electrons. The van der Waals surface area contributed by atoms with Gasteiger partial charge >= 0.3 is 5.97 Å². The third-order valence-corrected chi connectivity index (χ3v) is 3.30. The van der Waals surface area contributed by atoms with Crippen LogP contribution in [0.25, 0.3) is 0 Å². The molecule has 1 aromatic rings. The van der Waals surface area contributed by atoms with E-state index in [2.05, 4.69) is 15.3 Å². The van der Waals surface area contributed by atoms with Crippen LogP contribution in [0.5, 0.6) is 0 Å². The van der Waals surface area contributed by atoms with Crippen molar-refractivity contribution in [1.82, 2.24) is 9.97 Å². The first kappa shape index (κ1) is 13.2. The minimum atomic E-state index is -0.873. The van der Waals surface area contributed by atoms with Crippen LogP contribution in [-0.4, -0.2) is 40.8 Å². The Bertz CT molecular complexity index is 506. The second-order valence-corrected chi connectivity index (χ2v) is 4.42. The molecule has 19 heavy (non-hydrogen) atoms. The van der Waals surface area contributed by atoms with Crippen LogP contribution in [0, 0.1) is 16.7 Å². The average molecular weight is 262 g/mol. The Labute approximate surface area is 110 Å². The lowest BCUT2D eigenvalue weighted by molar-refractivity contribution is -0.153. The molecule has 2 N–H and O–H groups in total. The van der Waals surface area contributed by atoms with Crippen molar-refractivity contribution in [2.45, 2.75) is 12.8 Å². The van der Waals surface area contributed by atoms with Gasteiger partial charge in [0.2, 0.25) is 0 Å². The normalized spacial score (nSPS) is 17.4. The van der Waals surface area contributed by atoms with E-state index in [9.17, 15) is 9.90 Å². The van der Waals surface area contributed by atoms with Crippen LogP contribution in [0.15, 0.2) is 12.4 Å². The Balaban J connectivity index is 2.11. The number of rotatable bonds is 4. The minimum absolute atomic E-state index is 0.162. The van der Waals surface area contributed by atoms with Gasteiger partial charge in [0, 0.05) is 32.2 Å². The molecule has 0 unspecified atom stereocenters. The Kier molecular flexibility index (Phi) is 3.92. The zero-order chi connectivity index (χ0) is 13.7. The highest BCUT2D eigenvalue weighted by Gasteiger charge is 2.40. The van der Waals surface area contributed by atoms with E-state index in [0.717, 1.165) is 0 Å². The lowest BCUT2D eigenvalue weighted by atomic mass is 9.80. The van der Waals surface area contributed by atoms with E-state index in [-0.39, 0.29) is 12.2 Å². The van der Waals surface area contributed by atoms with Crippen molar-refractivity contribution in [1.29, 1.82) is 5.26 Å². The fraction of sp³-hybridized carbons (Fsp3) is 0.500. The number of carbonyl (C=O) groups is 1. The number of carboxylic acids is 1. The summed E-state index contributed by atoms with van der Waals surface area (Å²) in [6, 6.07) is 1.92. The number of nitrogens with zero attached hydrogens (tertiary/aromatic N) is 3. The van der Waals surface area contributed by atoms with Gasteiger partial charge in [-0.25, -0.2) is 9.97 Å². The van der Waals surface area contributed by atoms with Crippen LogP contribution in [-0.2, 0) is 9.53 Å². The number of aliphatic carboxylic acids is 1. The fourth-order valence-corrected chi connectivity index (χ4v) is 2.03. The Morgan fingerprint density at radius 3 is 2.79 bits per heavy atom. The Hall–Kier alpha value is -2.20. The molecule has 1 saturated heterocycles. The molecule has 2 heterocycles. The van der Waals surface area contributed by atoms with E-state index in [0.29, 0.717) is 31.9 Å². The molecule has 0 spiro atoms. The molecule has 2 rings (SSSR count). The number of nitrogens with one attached hydrogen (secondary N) is 1. The maximum absolute atomic E-state index is 11.5.